The number of hydrogen-bond acceptors (Lipinski definition) is 5. The molecule has 0 amide bonds. The van der Waals surface area contributed by atoms with Crippen molar-refractivity contribution >= 4 is 23.1 Å². The minimum atomic E-state index is -0.452. The normalized spacial score (nSPS) is 10.3. The largest absolute Gasteiger partial charge is 0.492 e. The predicted molar refractivity (Wildman–Crippen MR) is 85.8 cm³/mol. The molecule has 0 saturated heterocycles. The number of likely N-dealkylation sites (N-methyl/N-ethyl adjacent to an activating group) is 1. The van der Waals surface area contributed by atoms with Gasteiger partial charge in [0.25, 0.3) is 5.69 Å². The summed E-state index contributed by atoms with van der Waals surface area (Å²) < 4.78 is 5.62. The Balaban J connectivity index is 1.95. The molecule has 0 aliphatic carbocycles. The van der Waals surface area contributed by atoms with Crippen molar-refractivity contribution < 1.29 is 9.66 Å². The maximum atomic E-state index is 10.7. The van der Waals surface area contributed by atoms with Crippen LogP contribution in [0.1, 0.15) is 5.56 Å². The van der Waals surface area contributed by atoms with Crippen LogP contribution in [0.3, 0.4) is 0 Å². The van der Waals surface area contributed by atoms with E-state index in [0.717, 1.165) is 5.56 Å². The minimum Gasteiger partial charge on any atom is -0.492 e. The fraction of sp³-hybridized carbons (Fsp3) is 0.267. The van der Waals surface area contributed by atoms with Crippen LogP contribution in [0.4, 0.5) is 11.5 Å². The van der Waals surface area contributed by atoms with Crippen molar-refractivity contribution in [1.29, 1.82) is 0 Å². The Morgan fingerprint density at radius 3 is 2.82 bits per heavy atom. The molecule has 2 rings (SSSR count). The molecule has 22 heavy (non-hydrogen) atoms. The number of halogens is 1. The Bertz CT molecular complexity index is 679. The highest BCUT2D eigenvalue weighted by Gasteiger charge is 2.12. The average molecular weight is 322 g/mol. The Morgan fingerprint density at radius 1 is 1.41 bits per heavy atom. The van der Waals surface area contributed by atoms with Crippen LogP contribution < -0.4 is 9.64 Å². The maximum absolute atomic E-state index is 10.7. The first kappa shape index (κ1) is 16.0. The smallest absolute Gasteiger partial charge is 0.287 e. The molecule has 0 radical (unpaired) electrons. The van der Waals surface area contributed by atoms with Crippen molar-refractivity contribution in [1.82, 2.24) is 4.98 Å². The van der Waals surface area contributed by atoms with Crippen molar-refractivity contribution in [2.75, 3.05) is 25.1 Å². The van der Waals surface area contributed by atoms with Crippen LogP contribution in [0.25, 0.3) is 0 Å². The highest BCUT2D eigenvalue weighted by Crippen LogP contribution is 2.21. The molecule has 116 valence electrons. The summed E-state index contributed by atoms with van der Waals surface area (Å²) in [5.74, 6) is 1.40. The van der Waals surface area contributed by atoms with Crippen LogP contribution >= 0.6 is 11.6 Å². The monoisotopic (exact) mass is 321 g/mol. The van der Waals surface area contributed by atoms with Gasteiger partial charge in [-0.3, -0.25) is 10.1 Å². The SMILES string of the molecule is Cc1cc([N+](=O)[O-])cnc1N(C)CCOc1cccc(Cl)c1. The van der Waals surface area contributed by atoms with Crippen LogP contribution in [-0.2, 0) is 0 Å². The van der Waals surface area contributed by atoms with Gasteiger partial charge in [-0.2, -0.15) is 0 Å². The van der Waals surface area contributed by atoms with Crippen molar-refractivity contribution in [3.8, 4) is 5.75 Å². The summed E-state index contributed by atoms with van der Waals surface area (Å²) in [6, 6.07) is 8.70. The van der Waals surface area contributed by atoms with E-state index in [-0.39, 0.29) is 5.69 Å². The number of pyridine rings is 1. The Labute approximate surface area is 133 Å². The van der Waals surface area contributed by atoms with E-state index in [1.54, 1.807) is 19.1 Å². The van der Waals surface area contributed by atoms with E-state index in [1.165, 1.54) is 12.3 Å². The van der Waals surface area contributed by atoms with Gasteiger partial charge in [0.05, 0.1) is 11.5 Å². The van der Waals surface area contributed by atoms with Gasteiger partial charge in [-0.15, -0.1) is 0 Å². The van der Waals surface area contributed by atoms with Crippen LogP contribution in [0.2, 0.25) is 5.02 Å². The highest BCUT2D eigenvalue weighted by molar-refractivity contribution is 6.30. The van der Waals surface area contributed by atoms with E-state index < -0.39 is 4.92 Å². The van der Waals surface area contributed by atoms with E-state index in [0.29, 0.717) is 29.7 Å². The number of ether oxygens (including phenoxy) is 1. The van der Waals surface area contributed by atoms with Crippen LogP contribution in [0.5, 0.6) is 5.75 Å². The van der Waals surface area contributed by atoms with E-state index in [1.807, 2.05) is 24.1 Å². The number of aromatic nitrogens is 1. The topological polar surface area (TPSA) is 68.5 Å². The number of rotatable bonds is 6. The molecule has 0 aliphatic rings. The number of benzene rings is 1. The fourth-order valence-corrected chi connectivity index (χ4v) is 2.20. The number of nitro groups is 1. The molecule has 1 aromatic carbocycles. The van der Waals surface area contributed by atoms with Crippen molar-refractivity contribution in [2.45, 2.75) is 6.92 Å². The highest BCUT2D eigenvalue weighted by atomic mass is 35.5. The zero-order chi connectivity index (χ0) is 16.1. The molecule has 0 saturated carbocycles. The van der Waals surface area contributed by atoms with Crippen molar-refractivity contribution in [3.63, 3.8) is 0 Å². The van der Waals surface area contributed by atoms with Gasteiger partial charge in [0.1, 0.15) is 24.4 Å². The van der Waals surface area contributed by atoms with Gasteiger partial charge in [0.15, 0.2) is 0 Å². The van der Waals surface area contributed by atoms with E-state index in [9.17, 15) is 10.1 Å². The molecule has 0 N–H and O–H groups in total. The molecule has 2 aromatic rings. The number of aryl methyl sites for hydroxylation is 1. The third-order valence-electron chi connectivity index (χ3n) is 3.10. The zero-order valence-electron chi connectivity index (χ0n) is 12.3. The first-order valence-corrected chi connectivity index (χ1v) is 7.05. The molecule has 0 spiro atoms. The summed E-state index contributed by atoms with van der Waals surface area (Å²) in [6.07, 6.45) is 1.26. The zero-order valence-corrected chi connectivity index (χ0v) is 13.1. The molecule has 0 fully saturated rings. The van der Waals surface area contributed by atoms with E-state index in [2.05, 4.69) is 4.98 Å². The minimum absolute atomic E-state index is 0.00942. The molecule has 1 heterocycles. The third-order valence-corrected chi connectivity index (χ3v) is 3.34. The summed E-state index contributed by atoms with van der Waals surface area (Å²) in [7, 11) is 1.86. The molecule has 0 bridgehead atoms. The average Bonchev–Trinajstić information content (AvgIpc) is 2.47. The first-order chi connectivity index (χ1) is 10.5. The first-order valence-electron chi connectivity index (χ1n) is 6.68. The van der Waals surface area contributed by atoms with Gasteiger partial charge in [0.2, 0.25) is 0 Å². The second-order valence-electron chi connectivity index (χ2n) is 4.82. The molecule has 6 nitrogen and oxygen atoms in total. The lowest BCUT2D eigenvalue weighted by Crippen LogP contribution is -2.25. The number of anilines is 1. The Morgan fingerprint density at radius 2 is 2.18 bits per heavy atom. The van der Waals surface area contributed by atoms with Crippen LogP contribution in [0.15, 0.2) is 36.5 Å². The second kappa shape index (κ2) is 7.09. The summed E-state index contributed by atoms with van der Waals surface area (Å²) >= 11 is 5.89. The van der Waals surface area contributed by atoms with Gasteiger partial charge >= 0.3 is 0 Å². The lowest BCUT2D eigenvalue weighted by atomic mass is 10.2. The summed E-state index contributed by atoms with van der Waals surface area (Å²) in [5.41, 5.74) is 0.740. The third kappa shape index (κ3) is 4.08. The molecule has 0 atom stereocenters. The number of hydrogen-bond donors (Lipinski definition) is 0. The molecular formula is C15H16ClN3O3. The predicted octanol–water partition coefficient (Wildman–Crippen LogP) is 3.47. The van der Waals surface area contributed by atoms with E-state index in [4.69, 9.17) is 16.3 Å². The quantitative estimate of drug-likeness (QED) is 0.602. The molecule has 0 unspecified atom stereocenters. The van der Waals surface area contributed by atoms with E-state index >= 15 is 0 Å². The van der Waals surface area contributed by atoms with Crippen LogP contribution in [-0.4, -0.2) is 30.1 Å². The van der Waals surface area contributed by atoms with Gasteiger partial charge in [-0.05, 0) is 30.7 Å². The second-order valence-corrected chi connectivity index (χ2v) is 5.25. The molecule has 1 aromatic heterocycles. The summed E-state index contributed by atoms with van der Waals surface area (Å²) in [5, 5.41) is 11.3. The lowest BCUT2D eigenvalue weighted by Gasteiger charge is -2.20. The van der Waals surface area contributed by atoms with Crippen molar-refractivity contribution in [3.05, 3.63) is 57.2 Å². The molecule has 0 aliphatic heterocycles. The molecular weight excluding hydrogens is 306 g/mol. The van der Waals surface area contributed by atoms with Gasteiger partial charge in [-0.25, -0.2) is 4.98 Å². The number of nitrogens with zero attached hydrogens (tertiary/aromatic N) is 3. The van der Waals surface area contributed by atoms with Crippen molar-refractivity contribution in [2.24, 2.45) is 0 Å². The fourth-order valence-electron chi connectivity index (χ4n) is 2.02. The summed E-state index contributed by atoms with van der Waals surface area (Å²) in [6.45, 7) is 2.84. The lowest BCUT2D eigenvalue weighted by molar-refractivity contribution is -0.385. The Kier molecular flexibility index (Phi) is 5.16. The van der Waals surface area contributed by atoms with Crippen LogP contribution in [0, 0.1) is 17.0 Å². The maximum Gasteiger partial charge on any atom is 0.287 e. The standard InChI is InChI=1S/C15H16ClN3O3/c1-11-8-13(19(20)21)10-17-15(11)18(2)6-7-22-14-5-3-4-12(16)9-14/h3-5,8-10H,6-7H2,1-2H3. The Hall–Kier alpha value is -2.34. The summed E-state index contributed by atoms with van der Waals surface area (Å²) in [4.78, 5) is 16.3. The van der Waals surface area contributed by atoms with Gasteiger partial charge in [-0.1, -0.05) is 17.7 Å². The van der Waals surface area contributed by atoms with Gasteiger partial charge < -0.3 is 9.64 Å². The van der Waals surface area contributed by atoms with Gasteiger partial charge in [0, 0.05) is 18.1 Å². The molecule has 7 heteroatoms.